The van der Waals surface area contributed by atoms with E-state index in [1.54, 1.807) is 6.92 Å². The van der Waals surface area contributed by atoms with Gasteiger partial charge in [-0.1, -0.05) is 29.3 Å². The number of sulfonamides is 1. The van der Waals surface area contributed by atoms with Crippen molar-refractivity contribution >= 4 is 37.8 Å². The number of primary amides is 1. The smallest absolute Gasteiger partial charge is 0.321 e. The van der Waals surface area contributed by atoms with Crippen molar-refractivity contribution in [3.63, 3.8) is 0 Å². The van der Waals surface area contributed by atoms with Crippen molar-refractivity contribution in [1.29, 1.82) is 0 Å². The summed E-state index contributed by atoms with van der Waals surface area (Å²) in [5.74, 6) is -2.04. The predicted molar refractivity (Wildman–Crippen MR) is 79.3 cm³/mol. The molecule has 1 atom stereocenters. The van der Waals surface area contributed by atoms with Crippen LogP contribution in [0.15, 0.2) is 27.6 Å². The number of carbonyl (C=O) groups is 2. The van der Waals surface area contributed by atoms with Crippen molar-refractivity contribution in [2.45, 2.75) is 30.7 Å². The fourth-order valence-corrected chi connectivity index (χ4v) is 3.58. The van der Waals surface area contributed by atoms with Crippen LogP contribution < -0.4 is 10.5 Å². The molecule has 0 saturated carbocycles. The third-order valence-corrected chi connectivity index (χ3v) is 4.55. The molecule has 4 N–H and O–H groups in total. The second-order valence-corrected chi connectivity index (χ2v) is 6.97. The molecule has 21 heavy (non-hydrogen) atoms. The van der Waals surface area contributed by atoms with Crippen LogP contribution in [0.1, 0.15) is 30.1 Å². The second-order valence-electron chi connectivity index (χ2n) is 4.34. The summed E-state index contributed by atoms with van der Waals surface area (Å²) in [7, 11) is -4.07. The highest BCUT2D eigenvalue weighted by Gasteiger charge is 2.25. The fraction of sp³-hybridized carbons (Fsp3) is 0.333. The van der Waals surface area contributed by atoms with Crippen LogP contribution in [-0.2, 0) is 14.8 Å². The van der Waals surface area contributed by atoms with Crippen LogP contribution in [0, 0.1) is 0 Å². The summed E-state index contributed by atoms with van der Waals surface area (Å²) in [5.41, 5.74) is 5.13. The molecule has 116 valence electrons. The molecule has 0 saturated heterocycles. The summed E-state index contributed by atoms with van der Waals surface area (Å²) < 4.78 is 26.9. The van der Waals surface area contributed by atoms with E-state index in [1.807, 2.05) is 0 Å². The van der Waals surface area contributed by atoms with Crippen LogP contribution in [0.2, 0.25) is 0 Å². The summed E-state index contributed by atoms with van der Waals surface area (Å²) in [6.45, 7) is 1.74. The number of nitrogens with one attached hydrogen (secondary N) is 1. The lowest BCUT2D eigenvalue weighted by Gasteiger charge is -2.14. The summed E-state index contributed by atoms with van der Waals surface area (Å²) in [6, 6.07) is 2.51. The maximum absolute atomic E-state index is 12.2. The van der Waals surface area contributed by atoms with Crippen LogP contribution >= 0.6 is 15.9 Å². The van der Waals surface area contributed by atoms with Crippen LogP contribution in [0.5, 0.6) is 0 Å². The van der Waals surface area contributed by atoms with Crippen molar-refractivity contribution < 1.29 is 23.1 Å². The molecule has 1 amide bonds. The molecule has 0 spiro atoms. The van der Waals surface area contributed by atoms with E-state index in [4.69, 9.17) is 10.8 Å². The number of benzene rings is 1. The van der Waals surface area contributed by atoms with Crippen molar-refractivity contribution in [2.24, 2.45) is 5.73 Å². The summed E-state index contributed by atoms with van der Waals surface area (Å²) in [6.07, 6.45) is 0.662. The number of rotatable bonds is 7. The van der Waals surface area contributed by atoms with E-state index in [0.29, 0.717) is 10.9 Å². The Labute approximate surface area is 130 Å². The number of nitrogens with two attached hydrogens (primary N) is 1. The van der Waals surface area contributed by atoms with Gasteiger partial charge in [-0.2, -0.15) is 4.72 Å². The summed E-state index contributed by atoms with van der Waals surface area (Å²) >= 11 is 3.08. The van der Waals surface area contributed by atoms with E-state index in [9.17, 15) is 18.0 Å². The molecule has 0 bridgehead atoms. The largest absolute Gasteiger partial charge is 0.480 e. The molecule has 1 aromatic rings. The molecular weight excluding hydrogens is 364 g/mol. The van der Waals surface area contributed by atoms with Crippen LogP contribution in [0.3, 0.4) is 0 Å². The van der Waals surface area contributed by atoms with E-state index in [-0.39, 0.29) is 16.9 Å². The molecule has 1 aromatic carbocycles. The first kappa shape index (κ1) is 17.6. The standard InChI is InChI=1S/C12H15BrN2O5S/c1-2-3-10(12(17)18)15-21(19,20)9-5-7(11(14)16)4-8(13)6-9/h4-6,10,15H,2-3H2,1H3,(H2,14,16)(H,17,18). The lowest BCUT2D eigenvalue weighted by molar-refractivity contribution is -0.139. The lowest BCUT2D eigenvalue weighted by Crippen LogP contribution is -2.40. The quantitative estimate of drug-likeness (QED) is 0.654. The molecule has 0 aromatic heterocycles. The fourth-order valence-electron chi connectivity index (χ4n) is 1.64. The SMILES string of the molecule is CCCC(NS(=O)(=O)c1cc(Br)cc(C(N)=O)c1)C(=O)O. The Morgan fingerprint density at radius 2 is 2.00 bits per heavy atom. The van der Waals surface area contributed by atoms with E-state index < -0.39 is 27.9 Å². The molecule has 0 aliphatic carbocycles. The van der Waals surface area contributed by atoms with Crippen molar-refractivity contribution in [3.05, 3.63) is 28.2 Å². The molecule has 7 nitrogen and oxygen atoms in total. The Morgan fingerprint density at radius 1 is 1.38 bits per heavy atom. The van der Waals surface area contributed by atoms with Gasteiger partial charge in [-0.3, -0.25) is 9.59 Å². The molecule has 9 heteroatoms. The minimum atomic E-state index is -4.07. The van der Waals surface area contributed by atoms with Gasteiger partial charge >= 0.3 is 5.97 Å². The summed E-state index contributed by atoms with van der Waals surface area (Å²) in [4.78, 5) is 22.0. The Bertz CT molecular complexity index is 660. The summed E-state index contributed by atoms with van der Waals surface area (Å²) in [5, 5.41) is 9.00. The van der Waals surface area contributed by atoms with Gasteiger partial charge in [-0.25, -0.2) is 8.42 Å². The van der Waals surface area contributed by atoms with Gasteiger partial charge in [0, 0.05) is 10.0 Å². The Kier molecular flexibility index (Phi) is 5.87. The van der Waals surface area contributed by atoms with Crippen molar-refractivity contribution in [3.8, 4) is 0 Å². The molecule has 0 radical (unpaired) electrons. The zero-order valence-corrected chi connectivity index (χ0v) is 13.6. The third-order valence-electron chi connectivity index (χ3n) is 2.64. The van der Waals surface area contributed by atoms with Crippen molar-refractivity contribution in [1.82, 2.24) is 4.72 Å². The van der Waals surface area contributed by atoms with Crippen molar-refractivity contribution in [2.75, 3.05) is 0 Å². The minimum absolute atomic E-state index is 0.00659. The van der Waals surface area contributed by atoms with E-state index in [0.717, 1.165) is 6.07 Å². The average molecular weight is 379 g/mol. The maximum Gasteiger partial charge on any atom is 0.321 e. The molecule has 0 heterocycles. The highest BCUT2D eigenvalue weighted by molar-refractivity contribution is 9.10. The van der Waals surface area contributed by atoms with Gasteiger partial charge in [0.15, 0.2) is 0 Å². The highest BCUT2D eigenvalue weighted by atomic mass is 79.9. The van der Waals surface area contributed by atoms with Gasteiger partial charge in [-0.15, -0.1) is 0 Å². The number of aliphatic carboxylic acids is 1. The zero-order valence-electron chi connectivity index (χ0n) is 11.2. The Morgan fingerprint density at radius 3 is 2.48 bits per heavy atom. The first-order valence-corrected chi connectivity index (χ1v) is 8.30. The number of carboxylic acids is 1. The number of hydrogen-bond donors (Lipinski definition) is 3. The Hall–Kier alpha value is -1.45. The van der Waals surface area contributed by atoms with Gasteiger partial charge in [0.2, 0.25) is 15.9 Å². The molecular formula is C12H15BrN2O5S. The first-order valence-electron chi connectivity index (χ1n) is 6.03. The van der Waals surface area contributed by atoms with Gasteiger partial charge < -0.3 is 10.8 Å². The van der Waals surface area contributed by atoms with Gasteiger partial charge in [0.1, 0.15) is 6.04 Å². The zero-order chi connectivity index (χ0) is 16.2. The van der Waals surface area contributed by atoms with Crippen LogP contribution in [-0.4, -0.2) is 31.4 Å². The second kappa shape index (κ2) is 7.01. The van der Waals surface area contributed by atoms with E-state index in [2.05, 4.69) is 20.7 Å². The molecule has 0 aliphatic rings. The third kappa shape index (κ3) is 4.80. The van der Waals surface area contributed by atoms with Crippen LogP contribution in [0.4, 0.5) is 0 Å². The molecule has 1 rings (SSSR count). The maximum atomic E-state index is 12.2. The number of carbonyl (C=O) groups excluding carboxylic acids is 1. The minimum Gasteiger partial charge on any atom is -0.480 e. The topological polar surface area (TPSA) is 127 Å². The van der Waals surface area contributed by atoms with E-state index in [1.165, 1.54) is 12.1 Å². The predicted octanol–water partition coefficient (Wildman–Crippen LogP) is 1.08. The number of halogens is 1. The number of hydrogen-bond acceptors (Lipinski definition) is 4. The Balaban J connectivity index is 3.18. The monoisotopic (exact) mass is 378 g/mol. The van der Waals surface area contributed by atoms with E-state index >= 15 is 0 Å². The normalized spacial score (nSPS) is 12.9. The van der Waals surface area contributed by atoms with Gasteiger partial charge in [0.25, 0.3) is 0 Å². The molecule has 0 aliphatic heterocycles. The van der Waals surface area contributed by atoms with Gasteiger partial charge in [0.05, 0.1) is 4.90 Å². The number of carboxylic acid groups (broad SMARTS) is 1. The first-order chi connectivity index (χ1) is 9.67. The molecule has 0 fully saturated rings. The highest BCUT2D eigenvalue weighted by Crippen LogP contribution is 2.20. The molecule has 1 unspecified atom stereocenters. The average Bonchev–Trinajstić information content (AvgIpc) is 2.37. The van der Waals surface area contributed by atoms with Gasteiger partial charge in [-0.05, 0) is 24.6 Å². The number of amides is 1. The van der Waals surface area contributed by atoms with Crippen LogP contribution in [0.25, 0.3) is 0 Å². The lowest BCUT2D eigenvalue weighted by atomic mass is 10.2.